The molecule has 2 atom stereocenters. The molecule has 1 fully saturated rings. The number of ether oxygens (including phenoxy) is 1. The molecule has 3 nitrogen and oxygen atoms in total. The van der Waals surface area contributed by atoms with E-state index in [0.717, 1.165) is 19.6 Å². The Morgan fingerprint density at radius 3 is 3.00 bits per heavy atom. The lowest BCUT2D eigenvalue weighted by atomic mass is 9.86. The molecule has 3 heteroatoms. The number of pyridine rings is 1. The van der Waals surface area contributed by atoms with Crippen LogP contribution in [-0.4, -0.2) is 24.2 Å². The summed E-state index contributed by atoms with van der Waals surface area (Å²) >= 11 is 0. The SMILES string of the molecule is NCC1CCCCC1OCCc1cccnc1. The van der Waals surface area contributed by atoms with Gasteiger partial charge in [-0.3, -0.25) is 4.98 Å². The third kappa shape index (κ3) is 3.79. The highest BCUT2D eigenvalue weighted by atomic mass is 16.5. The highest BCUT2D eigenvalue weighted by molar-refractivity contribution is 5.08. The lowest BCUT2D eigenvalue weighted by molar-refractivity contribution is -0.00635. The first-order valence-corrected chi connectivity index (χ1v) is 6.60. The van der Waals surface area contributed by atoms with Crippen molar-refractivity contribution in [1.29, 1.82) is 0 Å². The van der Waals surface area contributed by atoms with Crippen molar-refractivity contribution in [2.45, 2.75) is 38.2 Å². The monoisotopic (exact) mass is 234 g/mol. The topological polar surface area (TPSA) is 48.1 Å². The summed E-state index contributed by atoms with van der Waals surface area (Å²) in [5, 5.41) is 0. The van der Waals surface area contributed by atoms with E-state index in [1.54, 1.807) is 6.20 Å². The molecule has 2 unspecified atom stereocenters. The Balaban J connectivity index is 1.74. The van der Waals surface area contributed by atoms with Gasteiger partial charge in [-0.15, -0.1) is 0 Å². The second-order valence-electron chi connectivity index (χ2n) is 4.80. The standard InChI is InChI=1S/C14H22N2O/c15-10-13-5-1-2-6-14(13)17-9-7-12-4-3-8-16-11-12/h3-4,8,11,13-14H,1-2,5-7,9-10,15H2. The van der Waals surface area contributed by atoms with Gasteiger partial charge in [-0.25, -0.2) is 0 Å². The van der Waals surface area contributed by atoms with E-state index in [1.807, 2.05) is 12.3 Å². The summed E-state index contributed by atoms with van der Waals surface area (Å²) < 4.78 is 5.98. The lowest BCUT2D eigenvalue weighted by Gasteiger charge is -2.30. The van der Waals surface area contributed by atoms with E-state index in [1.165, 1.54) is 31.2 Å². The molecule has 1 aromatic heterocycles. The van der Waals surface area contributed by atoms with Gasteiger partial charge in [0.1, 0.15) is 0 Å². The summed E-state index contributed by atoms with van der Waals surface area (Å²) in [7, 11) is 0. The molecule has 0 bridgehead atoms. The molecule has 2 N–H and O–H groups in total. The first-order valence-electron chi connectivity index (χ1n) is 6.60. The Labute approximate surface area is 103 Å². The molecule has 0 radical (unpaired) electrons. The van der Waals surface area contributed by atoms with Gasteiger partial charge in [-0.05, 0) is 43.4 Å². The van der Waals surface area contributed by atoms with Crippen molar-refractivity contribution in [3.05, 3.63) is 30.1 Å². The number of hydrogen-bond donors (Lipinski definition) is 1. The Kier molecular flexibility index (Phi) is 4.95. The van der Waals surface area contributed by atoms with Gasteiger partial charge in [0.25, 0.3) is 0 Å². The summed E-state index contributed by atoms with van der Waals surface area (Å²) in [6, 6.07) is 4.07. The number of hydrogen-bond acceptors (Lipinski definition) is 3. The molecular weight excluding hydrogens is 212 g/mol. The maximum Gasteiger partial charge on any atom is 0.0615 e. The fraction of sp³-hybridized carbons (Fsp3) is 0.643. The van der Waals surface area contributed by atoms with Crippen LogP contribution in [0.25, 0.3) is 0 Å². The van der Waals surface area contributed by atoms with Gasteiger partial charge < -0.3 is 10.5 Å². The predicted molar refractivity (Wildman–Crippen MR) is 68.7 cm³/mol. The second-order valence-corrected chi connectivity index (χ2v) is 4.80. The number of rotatable bonds is 5. The van der Waals surface area contributed by atoms with Gasteiger partial charge in [-0.2, -0.15) is 0 Å². The van der Waals surface area contributed by atoms with Crippen molar-refractivity contribution < 1.29 is 4.74 Å². The quantitative estimate of drug-likeness (QED) is 0.849. The Morgan fingerprint density at radius 2 is 2.24 bits per heavy atom. The summed E-state index contributed by atoms with van der Waals surface area (Å²) in [6.45, 7) is 1.55. The molecule has 1 saturated carbocycles. The van der Waals surface area contributed by atoms with E-state index in [-0.39, 0.29) is 0 Å². The fourth-order valence-electron chi connectivity index (χ4n) is 2.54. The fourth-order valence-corrected chi connectivity index (χ4v) is 2.54. The van der Waals surface area contributed by atoms with Gasteiger partial charge >= 0.3 is 0 Å². The van der Waals surface area contributed by atoms with Gasteiger partial charge in [-0.1, -0.05) is 18.9 Å². The lowest BCUT2D eigenvalue weighted by Crippen LogP contribution is -2.33. The van der Waals surface area contributed by atoms with Crippen molar-refractivity contribution in [3.8, 4) is 0 Å². The molecule has 94 valence electrons. The number of nitrogens with zero attached hydrogens (tertiary/aromatic N) is 1. The number of aromatic nitrogens is 1. The zero-order valence-electron chi connectivity index (χ0n) is 10.3. The second kappa shape index (κ2) is 6.72. The van der Waals surface area contributed by atoms with Gasteiger partial charge in [0.15, 0.2) is 0 Å². The van der Waals surface area contributed by atoms with Crippen LogP contribution in [0.2, 0.25) is 0 Å². The van der Waals surface area contributed by atoms with E-state index >= 15 is 0 Å². The third-order valence-electron chi connectivity index (χ3n) is 3.59. The summed E-state index contributed by atoms with van der Waals surface area (Å²) in [4.78, 5) is 4.11. The predicted octanol–water partition coefficient (Wildman–Crippen LogP) is 2.16. The molecule has 0 spiro atoms. The van der Waals surface area contributed by atoms with Crippen LogP contribution in [-0.2, 0) is 11.2 Å². The molecule has 2 rings (SSSR count). The highest BCUT2D eigenvalue weighted by Crippen LogP contribution is 2.26. The minimum Gasteiger partial charge on any atom is -0.378 e. The average Bonchev–Trinajstić information content (AvgIpc) is 2.40. The Hall–Kier alpha value is -0.930. The van der Waals surface area contributed by atoms with Crippen molar-refractivity contribution in [2.75, 3.05) is 13.2 Å². The molecule has 0 aromatic carbocycles. The van der Waals surface area contributed by atoms with Crippen LogP contribution < -0.4 is 5.73 Å². The Bertz CT molecular complexity index is 315. The zero-order chi connectivity index (χ0) is 11.9. The van der Waals surface area contributed by atoms with Crippen LogP contribution >= 0.6 is 0 Å². The van der Waals surface area contributed by atoms with Crippen LogP contribution in [0.4, 0.5) is 0 Å². The first kappa shape index (κ1) is 12.5. The molecule has 0 saturated heterocycles. The van der Waals surface area contributed by atoms with E-state index in [2.05, 4.69) is 11.1 Å². The van der Waals surface area contributed by atoms with Crippen molar-refractivity contribution in [1.82, 2.24) is 4.98 Å². The van der Waals surface area contributed by atoms with E-state index in [9.17, 15) is 0 Å². The highest BCUT2D eigenvalue weighted by Gasteiger charge is 2.24. The van der Waals surface area contributed by atoms with E-state index in [4.69, 9.17) is 10.5 Å². The van der Waals surface area contributed by atoms with Crippen molar-refractivity contribution in [2.24, 2.45) is 11.7 Å². The van der Waals surface area contributed by atoms with Gasteiger partial charge in [0, 0.05) is 12.4 Å². The van der Waals surface area contributed by atoms with Crippen molar-refractivity contribution >= 4 is 0 Å². The minimum absolute atomic E-state index is 0.380. The largest absolute Gasteiger partial charge is 0.378 e. The van der Waals surface area contributed by atoms with Gasteiger partial charge in [0.05, 0.1) is 12.7 Å². The molecule has 1 aliphatic carbocycles. The van der Waals surface area contributed by atoms with E-state index < -0.39 is 0 Å². The van der Waals surface area contributed by atoms with Gasteiger partial charge in [0.2, 0.25) is 0 Å². The summed E-state index contributed by atoms with van der Waals surface area (Å²) in [5.74, 6) is 0.567. The van der Waals surface area contributed by atoms with Crippen LogP contribution in [0, 0.1) is 5.92 Å². The zero-order valence-corrected chi connectivity index (χ0v) is 10.3. The summed E-state index contributed by atoms with van der Waals surface area (Å²) in [5.41, 5.74) is 7.03. The van der Waals surface area contributed by atoms with Crippen LogP contribution in [0.1, 0.15) is 31.2 Å². The molecule has 1 aliphatic rings. The molecule has 1 heterocycles. The average molecular weight is 234 g/mol. The van der Waals surface area contributed by atoms with Crippen LogP contribution in [0.15, 0.2) is 24.5 Å². The molecule has 0 amide bonds. The summed E-state index contributed by atoms with van der Waals surface area (Å²) in [6.07, 6.45) is 10.0. The van der Waals surface area contributed by atoms with Crippen molar-refractivity contribution in [3.63, 3.8) is 0 Å². The first-order chi connectivity index (χ1) is 8.40. The third-order valence-corrected chi connectivity index (χ3v) is 3.59. The normalized spacial score (nSPS) is 24.8. The van der Waals surface area contributed by atoms with Crippen LogP contribution in [0.5, 0.6) is 0 Å². The smallest absolute Gasteiger partial charge is 0.0615 e. The maximum atomic E-state index is 5.98. The number of nitrogens with two attached hydrogens (primary N) is 1. The maximum absolute atomic E-state index is 5.98. The molecular formula is C14H22N2O. The Morgan fingerprint density at radius 1 is 1.35 bits per heavy atom. The molecule has 17 heavy (non-hydrogen) atoms. The molecule has 1 aromatic rings. The van der Waals surface area contributed by atoms with E-state index in [0.29, 0.717) is 12.0 Å². The van der Waals surface area contributed by atoms with Crippen LogP contribution in [0.3, 0.4) is 0 Å². The molecule has 0 aliphatic heterocycles. The minimum atomic E-state index is 0.380.